The van der Waals surface area contributed by atoms with Gasteiger partial charge in [-0.25, -0.2) is 23.5 Å². The van der Waals surface area contributed by atoms with Gasteiger partial charge in [-0.1, -0.05) is 0 Å². The van der Waals surface area contributed by atoms with Crippen molar-refractivity contribution < 1.29 is 13.2 Å². The van der Waals surface area contributed by atoms with E-state index in [2.05, 4.69) is 15.3 Å². The predicted octanol–water partition coefficient (Wildman–Crippen LogP) is 1.29. The summed E-state index contributed by atoms with van der Waals surface area (Å²) in [5.41, 5.74) is 1.42. The van der Waals surface area contributed by atoms with E-state index in [1.807, 2.05) is 17.9 Å². The number of nitrogens with two attached hydrogens (primary N) is 1. The highest BCUT2D eigenvalue weighted by Gasteiger charge is 2.27. The van der Waals surface area contributed by atoms with E-state index in [1.165, 1.54) is 24.3 Å². The summed E-state index contributed by atoms with van der Waals surface area (Å²) in [7, 11) is -3.74. The van der Waals surface area contributed by atoms with Gasteiger partial charge in [-0.3, -0.25) is 4.79 Å². The van der Waals surface area contributed by atoms with E-state index in [-0.39, 0.29) is 16.7 Å². The van der Waals surface area contributed by atoms with Gasteiger partial charge >= 0.3 is 0 Å². The molecule has 2 heterocycles. The van der Waals surface area contributed by atoms with Crippen LogP contribution >= 0.6 is 0 Å². The van der Waals surface area contributed by atoms with Crippen molar-refractivity contribution in [3.63, 3.8) is 0 Å². The minimum atomic E-state index is -3.74. The van der Waals surface area contributed by atoms with Gasteiger partial charge in [-0.05, 0) is 50.1 Å². The van der Waals surface area contributed by atoms with E-state index < -0.39 is 10.0 Å². The lowest BCUT2D eigenvalue weighted by Crippen LogP contribution is -2.41. The third-order valence-corrected chi connectivity index (χ3v) is 5.24. The van der Waals surface area contributed by atoms with Crippen LogP contribution in [0.2, 0.25) is 0 Å². The number of sulfonamides is 1. The zero-order valence-electron chi connectivity index (χ0n) is 14.4. The number of carbonyl (C=O) groups excluding carboxylic acids is 1. The Morgan fingerprint density at radius 1 is 1.27 bits per heavy atom. The highest BCUT2D eigenvalue weighted by Crippen LogP contribution is 2.22. The summed E-state index contributed by atoms with van der Waals surface area (Å²) in [4.78, 5) is 23.3. The molecule has 1 saturated heterocycles. The normalized spacial score (nSPS) is 17.8. The summed E-state index contributed by atoms with van der Waals surface area (Å²) in [6.07, 6.45) is 3.37. The number of nitrogens with one attached hydrogen (secondary N) is 1. The Morgan fingerprint density at radius 2 is 2.00 bits per heavy atom. The molecule has 1 aliphatic heterocycles. The van der Waals surface area contributed by atoms with Crippen LogP contribution in [0.15, 0.2) is 41.4 Å². The molecule has 1 amide bonds. The lowest BCUT2D eigenvalue weighted by Gasteiger charge is -2.32. The topological polar surface area (TPSA) is 118 Å². The summed E-state index contributed by atoms with van der Waals surface area (Å²) >= 11 is 0. The van der Waals surface area contributed by atoms with E-state index in [1.54, 1.807) is 6.20 Å². The van der Waals surface area contributed by atoms with E-state index in [0.717, 1.165) is 25.1 Å². The van der Waals surface area contributed by atoms with Gasteiger partial charge in [0.25, 0.3) is 0 Å². The van der Waals surface area contributed by atoms with Crippen LogP contribution in [-0.4, -0.2) is 37.4 Å². The molecular weight excluding hydrogens is 354 g/mol. The van der Waals surface area contributed by atoms with Crippen molar-refractivity contribution in [3.05, 3.63) is 42.2 Å². The molecule has 1 unspecified atom stereocenters. The number of aryl methyl sites for hydroxylation is 1. The van der Waals surface area contributed by atoms with Crippen molar-refractivity contribution >= 4 is 27.6 Å². The van der Waals surface area contributed by atoms with Crippen LogP contribution in [0.1, 0.15) is 18.5 Å². The Balaban J connectivity index is 1.66. The molecular formula is C17H21N5O3S. The second-order valence-electron chi connectivity index (χ2n) is 6.34. The minimum absolute atomic E-state index is 0.0101. The Hall–Kier alpha value is -2.52. The number of amides is 1. The molecule has 9 heteroatoms. The van der Waals surface area contributed by atoms with Crippen molar-refractivity contribution in [2.45, 2.75) is 24.7 Å². The quantitative estimate of drug-likeness (QED) is 0.831. The molecule has 0 bridgehead atoms. The van der Waals surface area contributed by atoms with Gasteiger partial charge in [0.05, 0.1) is 10.8 Å². The molecule has 26 heavy (non-hydrogen) atoms. The highest BCUT2D eigenvalue weighted by molar-refractivity contribution is 7.89. The molecule has 2 aromatic rings. The van der Waals surface area contributed by atoms with E-state index in [9.17, 15) is 13.2 Å². The summed E-state index contributed by atoms with van der Waals surface area (Å²) in [5.74, 6) is 0.344. The molecule has 3 N–H and O–H groups in total. The Morgan fingerprint density at radius 3 is 2.65 bits per heavy atom. The number of hydrogen-bond acceptors (Lipinski definition) is 6. The number of carbonyl (C=O) groups is 1. The second-order valence-corrected chi connectivity index (χ2v) is 7.90. The van der Waals surface area contributed by atoms with Crippen molar-refractivity contribution in [3.8, 4) is 0 Å². The van der Waals surface area contributed by atoms with Crippen molar-refractivity contribution in [2.24, 2.45) is 11.1 Å². The maximum atomic E-state index is 12.6. The first kappa shape index (κ1) is 18.3. The van der Waals surface area contributed by atoms with Crippen LogP contribution in [-0.2, 0) is 14.8 Å². The molecule has 0 aliphatic carbocycles. The summed E-state index contributed by atoms with van der Waals surface area (Å²) < 4.78 is 22.6. The SMILES string of the molecule is Cc1ccnc(N2CCCC(C(=O)Nc3ccc(S(N)(=O)=O)cc3)C2)n1. The summed E-state index contributed by atoms with van der Waals surface area (Å²) in [5, 5.41) is 7.91. The van der Waals surface area contributed by atoms with E-state index in [4.69, 9.17) is 5.14 Å². The molecule has 1 aliphatic rings. The standard InChI is InChI=1S/C17H21N5O3S/c1-12-8-9-19-17(20-12)22-10-2-3-13(11-22)16(23)21-14-4-6-15(7-5-14)26(18,24)25/h4-9,13H,2-3,10-11H2,1H3,(H,21,23)(H2,18,24,25). The summed E-state index contributed by atoms with van der Waals surface area (Å²) in [6, 6.07) is 7.64. The first-order valence-electron chi connectivity index (χ1n) is 8.31. The monoisotopic (exact) mass is 375 g/mol. The largest absolute Gasteiger partial charge is 0.340 e. The maximum absolute atomic E-state index is 12.6. The highest BCUT2D eigenvalue weighted by atomic mass is 32.2. The summed E-state index contributed by atoms with van der Waals surface area (Å²) in [6.45, 7) is 3.27. The third kappa shape index (κ3) is 4.36. The number of aromatic nitrogens is 2. The molecule has 0 saturated carbocycles. The predicted molar refractivity (Wildman–Crippen MR) is 98.2 cm³/mol. The molecule has 1 fully saturated rings. The van der Waals surface area contributed by atoms with Crippen LogP contribution in [0.3, 0.4) is 0 Å². The third-order valence-electron chi connectivity index (χ3n) is 4.31. The number of hydrogen-bond donors (Lipinski definition) is 2. The van der Waals surface area contributed by atoms with Gasteiger partial charge in [-0.2, -0.15) is 0 Å². The number of piperidine rings is 1. The molecule has 1 atom stereocenters. The maximum Gasteiger partial charge on any atom is 0.238 e. The molecule has 0 spiro atoms. The van der Waals surface area contributed by atoms with Gasteiger partial charge < -0.3 is 10.2 Å². The zero-order valence-corrected chi connectivity index (χ0v) is 15.2. The lowest BCUT2D eigenvalue weighted by atomic mass is 9.97. The second kappa shape index (κ2) is 7.38. The number of rotatable bonds is 4. The van der Waals surface area contributed by atoms with Gasteiger partial charge in [0.2, 0.25) is 21.9 Å². The first-order chi connectivity index (χ1) is 12.3. The van der Waals surface area contributed by atoms with Crippen molar-refractivity contribution in [2.75, 3.05) is 23.3 Å². The molecule has 138 valence electrons. The van der Waals surface area contributed by atoms with Crippen molar-refractivity contribution in [1.29, 1.82) is 0 Å². The van der Waals surface area contributed by atoms with E-state index >= 15 is 0 Å². The smallest absolute Gasteiger partial charge is 0.238 e. The molecule has 0 radical (unpaired) electrons. The molecule has 8 nitrogen and oxygen atoms in total. The molecule has 1 aromatic heterocycles. The Labute approximate surface area is 152 Å². The fourth-order valence-electron chi connectivity index (χ4n) is 2.93. The van der Waals surface area contributed by atoms with Crippen LogP contribution in [0.4, 0.5) is 11.6 Å². The average Bonchev–Trinajstić information content (AvgIpc) is 2.61. The minimum Gasteiger partial charge on any atom is -0.340 e. The average molecular weight is 375 g/mol. The van der Waals surface area contributed by atoms with Crippen LogP contribution in [0, 0.1) is 12.8 Å². The van der Waals surface area contributed by atoms with Crippen molar-refractivity contribution in [1.82, 2.24) is 9.97 Å². The van der Waals surface area contributed by atoms with Gasteiger partial charge in [0.15, 0.2) is 0 Å². The number of primary sulfonamides is 1. The fourth-order valence-corrected chi connectivity index (χ4v) is 3.45. The number of nitrogens with zero attached hydrogens (tertiary/aromatic N) is 3. The Bertz CT molecular complexity index is 899. The zero-order chi connectivity index (χ0) is 18.7. The van der Waals surface area contributed by atoms with Gasteiger partial charge in [0.1, 0.15) is 0 Å². The van der Waals surface area contributed by atoms with Crippen LogP contribution in [0.25, 0.3) is 0 Å². The molecule has 3 rings (SSSR count). The van der Waals surface area contributed by atoms with Gasteiger partial charge in [0, 0.05) is 30.7 Å². The number of anilines is 2. The lowest BCUT2D eigenvalue weighted by molar-refractivity contribution is -0.120. The van der Waals surface area contributed by atoms with Crippen LogP contribution < -0.4 is 15.4 Å². The fraction of sp³-hybridized carbons (Fsp3) is 0.353. The van der Waals surface area contributed by atoms with Gasteiger partial charge in [-0.15, -0.1) is 0 Å². The van der Waals surface area contributed by atoms with Crippen LogP contribution in [0.5, 0.6) is 0 Å². The molecule has 1 aromatic carbocycles. The number of benzene rings is 1. The Kier molecular flexibility index (Phi) is 5.19. The first-order valence-corrected chi connectivity index (χ1v) is 9.86. The van der Waals surface area contributed by atoms with E-state index in [0.29, 0.717) is 18.2 Å².